The molecular weight excluding hydrogens is 709 g/mol. The normalized spacial score (nSPS) is 18.4. The van der Waals surface area contributed by atoms with Crippen LogP contribution in [0.5, 0.6) is 5.75 Å². The lowest BCUT2D eigenvalue weighted by atomic mass is 9.91. The molecule has 0 bridgehead atoms. The minimum absolute atomic E-state index is 0.0610. The number of hydrogen-bond donors (Lipinski definition) is 4. The summed E-state index contributed by atoms with van der Waals surface area (Å²) >= 11 is 0. The molecule has 5 aromatic rings. The summed E-state index contributed by atoms with van der Waals surface area (Å²) in [5.41, 5.74) is 4.85. The van der Waals surface area contributed by atoms with Crippen molar-refractivity contribution in [1.82, 2.24) is 10.6 Å². The quantitative estimate of drug-likeness (QED) is 0.104. The van der Waals surface area contributed by atoms with Crippen LogP contribution < -0.4 is 10.6 Å². The van der Waals surface area contributed by atoms with Gasteiger partial charge in [0.05, 0.1) is 12.2 Å². The summed E-state index contributed by atoms with van der Waals surface area (Å²) in [4.78, 5) is 40.2. The molecule has 5 aromatic carbocycles. The van der Waals surface area contributed by atoms with E-state index in [9.17, 15) is 19.5 Å². The summed E-state index contributed by atoms with van der Waals surface area (Å²) in [6, 6.07) is 40.1. The molecular formula is C46H42N2O8. The van der Waals surface area contributed by atoms with Crippen molar-refractivity contribution < 1.29 is 38.8 Å². The van der Waals surface area contributed by atoms with E-state index in [1.165, 1.54) is 0 Å². The second-order valence-corrected chi connectivity index (χ2v) is 13.6. The molecule has 0 spiro atoms. The van der Waals surface area contributed by atoms with E-state index in [-0.39, 0.29) is 43.7 Å². The number of allylic oxidation sites excluding steroid dienone is 1. The third-order valence-corrected chi connectivity index (χ3v) is 9.74. The molecule has 0 radical (unpaired) electrons. The number of aliphatic hydroxyl groups is 1. The van der Waals surface area contributed by atoms with Gasteiger partial charge in [0.1, 0.15) is 24.1 Å². The molecule has 3 atom stereocenters. The van der Waals surface area contributed by atoms with Crippen LogP contribution in [-0.2, 0) is 37.8 Å². The summed E-state index contributed by atoms with van der Waals surface area (Å²) in [5.74, 6) is -2.41. The Morgan fingerprint density at radius 1 is 0.768 bits per heavy atom. The Kier molecular flexibility index (Phi) is 11.8. The lowest BCUT2D eigenvalue weighted by Crippen LogP contribution is -2.43. The van der Waals surface area contributed by atoms with E-state index in [1.54, 1.807) is 60.7 Å². The zero-order valence-electron chi connectivity index (χ0n) is 30.5. The van der Waals surface area contributed by atoms with Crippen LogP contribution in [0.2, 0.25) is 0 Å². The Labute approximate surface area is 325 Å². The van der Waals surface area contributed by atoms with E-state index in [1.807, 2.05) is 91.0 Å². The molecule has 2 aliphatic rings. The van der Waals surface area contributed by atoms with Gasteiger partial charge in [0.25, 0.3) is 5.91 Å². The van der Waals surface area contributed by atoms with Gasteiger partial charge >= 0.3 is 5.97 Å². The zero-order valence-corrected chi connectivity index (χ0v) is 30.5. The van der Waals surface area contributed by atoms with Crippen LogP contribution in [0.4, 0.5) is 0 Å². The number of hydrogen-bond acceptors (Lipinski definition) is 8. The molecule has 284 valence electrons. The Balaban J connectivity index is 1.14. The van der Waals surface area contributed by atoms with Crippen LogP contribution in [0.1, 0.15) is 55.0 Å². The number of para-hydroxylation sites is 1. The van der Waals surface area contributed by atoms with Crippen LogP contribution in [0.25, 0.3) is 6.08 Å². The summed E-state index contributed by atoms with van der Waals surface area (Å²) in [7, 11) is 0. The summed E-state index contributed by atoms with van der Waals surface area (Å²) in [5, 5.41) is 24.8. The highest BCUT2D eigenvalue weighted by Gasteiger charge is 2.55. The van der Waals surface area contributed by atoms with Crippen LogP contribution in [0, 0.1) is 0 Å². The molecule has 1 heterocycles. The van der Waals surface area contributed by atoms with Gasteiger partial charge in [-0.1, -0.05) is 115 Å². The number of phenols is 1. The fourth-order valence-electron chi connectivity index (χ4n) is 6.96. The fourth-order valence-corrected chi connectivity index (χ4v) is 6.96. The highest BCUT2D eigenvalue weighted by atomic mass is 16.8. The smallest absolute Gasteiger partial charge is 0.338 e. The first-order valence-corrected chi connectivity index (χ1v) is 18.5. The largest absolute Gasteiger partial charge is 0.508 e. The molecule has 1 aliphatic heterocycles. The second-order valence-electron chi connectivity index (χ2n) is 13.6. The first kappa shape index (κ1) is 38.0. The minimum Gasteiger partial charge on any atom is -0.508 e. The summed E-state index contributed by atoms with van der Waals surface area (Å²) in [6.45, 7) is 0.0925. The molecule has 1 aliphatic carbocycles. The van der Waals surface area contributed by atoms with Crippen molar-refractivity contribution in [2.75, 3.05) is 13.2 Å². The van der Waals surface area contributed by atoms with Crippen molar-refractivity contribution >= 4 is 23.9 Å². The first-order valence-electron chi connectivity index (χ1n) is 18.5. The molecule has 0 saturated carbocycles. The molecule has 3 unspecified atom stereocenters. The van der Waals surface area contributed by atoms with Gasteiger partial charge in [-0.3, -0.25) is 9.59 Å². The van der Waals surface area contributed by atoms with Crippen molar-refractivity contribution in [1.29, 1.82) is 0 Å². The predicted octanol–water partition coefficient (Wildman–Crippen LogP) is 6.23. The molecule has 7 rings (SSSR count). The fraction of sp³-hybridized carbons (Fsp3) is 0.196. The SMILES string of the molecule is O=C(NCc1cccc(C(=O)NCCO)c1)C1=CC2OC(c3ccccc3)(c3ccccc3)OC2C(OC(=O)c2cccc(C=CCc3ccccc3O)c2)C1. The van der Waals surface area contributed by atoms with Crippen LogP contribution in [-0.4, -0.2) is 59.5 Å². The molecule has 4 N–H and O–H groups in total. The number of phenolic OH excluding ortho intramolecular Hbond substituents is 1. The number of nitrogens with one attached hydrogen (secondary N) is 2. The van der Waals surface area contributed by atoms with E-state index in [4.69, 9.17) is 19.3 Å². The minimum atomic E-state index is -1.35. The van der Waals surface area contributed by atoms with Crippen LogP contribution in [0.15, 0.2) is 151 Å². The maximum Gasteiger partial charge on any atom is 0.338 e. The number of ether oxygens (including phenoxy) is 3. The van der Waals surface area contributed by atoms with Gasteiger partial charge in [0.2, 0.25) is 11.7 Å². The number of aromatic hydroxyl groups is 1. The highest BCUT2D eigenvalue weighted by Crippen LogP contribution is 2.47. The number of rotatable bonds is 13. The topological polar surface area (TPSA) is 143 Å². The Hall–Kier alpha value is -6.33. The number of aliphatic hydroxyl groups excluding tert-OH is 1. The summed E-state index contributed by atoms with van der Waals surface area (Å²) < 4.78 is 19.9. The monoisotopic (exact) mass is 750 g/mol. The summed E-state index contributed by atoms with van der Waals surface area (Å²) in [6.07, 6.45) is 3.70. The third-order valence-electron chi connectivity index (χ3n) is 9.74. The van der Waals surface area contributed by atoms with Crippen molar-refractivity contribution in [3.05, 3.63) is 190 Å². The van der Waals surface area contributed by atoms with Crippen molar-refractivity contribution in [3.63, 3.8) is 0 Å². The number of benzene rings is 5. The standard InChI is InChI=1S/C46H42N2O8/c49-25-24-47-43(51)34-17-11-14-32(27-34)30-48-44(52)36-28-40(54-45(53)35-18-10-13-31(26-35)12-9-16-33-15-7-8-23-39(33)50)42-41(29-36)55-46(56-42,37-19-3-1-4-20-37)38-21-5-2-6-22-38/h1-15,17-23,26-27,29,40-42,49-50H,16,24-25,28,30H2,(H,47,51)(H,48,52). The average molecular weight is 751 g/mol. The Morgan fingerprint density at radius 3 is 2.20 bits per heavy atom. The number of carbonyl (C=O) groups is 3. The second kappa shape index (κ2) is 17.4. The van der Waals surface area contributed by atoms with Gasteiger partial charge in [0, 0.05) is 41.8 Å². The maximum atomic E-state index is 13.9. The molecule has 1 saturated heterocycles. The number of amides is 2. The lowest BCUT2D eigenvalue weighted by Gasteiger charge is -2.31. The van der Waals surface area contributed by atoms with Gasteiger partial charge in [-0.05, 0) is 59.5 Å². The van der Waals surface area contributed by atoms with Gasteiger partial charge in [0.15, 0.2) is 0 Å². The van der Waals surface area contributed by atoms with Gasteiger partial charge < -0.3 is 35.1 Å². The van der Waals surface area contributed by atoms with Gasteiger partial charge in [-0.2, -0.15) is 0 Å². The van der Waals surface area contributed by atoms with E-state index in [2.05, 4.69) is 10.6 Å². The molecule has 0 aromatic heterocycles. The number of fused-ring (bicyclic) bond motifs is 1. The average Bonchev–Trinajstić information content (AvgIpc) is 3.65. The maximum absolute atomic E-state index is 13.9. The van der Waals surface area contributed by atoms with Crippen LogP contribution in [0.3, 0.4) is 0 Å². The van der Waals surface area contributed by atoms with E-state index in [0.717, 1.165) is 22.3 Å². The molecule has 10 heteroatoms. The van der Waals surface area contributed by atoms with Crippen LogP contribution >= 0.6 is 0 Å². The number of esters is 1. The Bertz CT molecular complexity index is 2200. The van der Waals surface area contributed by atoms with Gasteiger partial charge in [-0.25, -0.2) is 4.79 Å². The number of carbonyl (C=O) groups excluding carboxylic acids is 3. The van der Waals surface area contributed by atoms with E-state index in [0.29, 0.717) is 28.7 Å². The van der Waals surface area contributed by atoms with E-state index < -0.39 is 30.1 Å². The molecule has 56 heavy (non-hydrogen) atoms. The van der Waals surface area contributed by atoms with Crippen molar-refractivity contribution in [3.8, 4) is 5.75 Å². The third kappa shape index (κ3) is 8.63. The molecule has 10 nitrogen and oxygen atoms in total. The molecule has 1 fully saturated rings. The molecule has 2 amide bonds. The lowest BCUT2D eigenvalue weighted by molar-refractivity contribution is -0.157. The zero-order chi connectivity index (χ0) is 38.9. The Morgan fingerprint density at radius 2 is 1.46 bits per heavy atom. The van der Waals surface area contributed by atoms with Crippen molar-refractivity contribution in [2.45, 2.75) is 43.5 Å². The predicted molar refractivity (Wildman–Crippen MR) is 210 cm³/mol. The van der Waals surface area contributed by atoms with Gasteiger partial charge in [-0.15, -0.1) is 0 Å². The van der Waals surface area contributed by atoms with Crippen molar-refractivity contribution in [2.24, 2.45) is 0 Å². The van der Waals surface area contributed by atoms with E-state index >= 15 is 0 Å². The highest BCUT2D eigenvalue weighted by molar-refractivity contribution is 5.95. The first-order chi connectivity index (χ1) is 27.3.